The second-order valence-corrected chi connectivity index (χ2v) is 9.51. The maximum Gasteiger partial charge on any atom is 0.222 e. The fourth-order valence-corrected chi connectivity index (χ4v) is 5.23. The molecular weight excluding hydrogens is 452 g/mol. The minimum atomic E-state index is -0.0843. The van der Waals surface area contributed by atoms with Crippen molar-refractivity contribution in [2.45, 2.75) is 38.3 Å². The summed E-state index contributed by atoms with van der Waals surface area (Å²) in [5.74, 6) is 1.02. The molecule has 1 aromatic heterocycles. The van der Waals surface area contributed by atoms with Crippen molar-refractivity contribution in [3.05, 3.63) is 60.2 Å². The topological polar surface area (TPSA) is 80.4 Å². The van der Waals surface area contributed by atoms with Crippen molar-refractivity contribution in [3.63, 3.8) is 0 Å². The van der Waals surface area contributed by atoms with Crippen LogP contribution in [0.5, 0.6) is 5.75 Å². The van der Waals surface area contributed by atoms with Crippen molar-refractivity contribution in [1.82, 2.24) is 14.7 Å². The lowest BCUT2D eigenvalue weighted by Crippen LogP contribution is -2.29. The first-order chi connectivity index (χ1) is 17.7. The Bertz CT molecular complexity index is 1480. The first kappa shape index (κ1) is 22.6. The molecule has 0 aliphatic carbocycles. The van der Waals surface area contributed by atoms with E-state index in [0.717, 1.165) is 77.5 Å². The fraction of sp³-hybridized carbons (Fsp3) is 0.345. The van der Waals surface area contributed by atoms with Gasteiger partial charge in [0.15, 0.2) is 6.23 Å². The summed E-state index contributed by atoms with van der Waals surface area (Å²) in [6, 6.07) is 20.3. The molecule has 3 heterocycles. The number of fused-ring (bicyclic) bond motifs is 2. The number of likely N-dealkylation sites (tertiary alicyclic amines) is 1. The number of carbonyl (C=O) groups is 1. The monoisotopic (exact) mass is 480 g/mol. The maximum absolute atomic E-state index is 11.8. The van der Waals surface area contributed by atoms with Crippen LogP contribution in [0.25, 0.3) is 32.9 Å². The lowest BCUT2D eigenvalue weighted by Gasteiger charge is -2.23. The average molecular weight is 481 g/mol. The Morgan fingerprint density at radius 1 is 1.06 bits per heavy atom. The van der Waals surface area contributed by atoms with E-state index in [0.29, 0.717) is 25.1 Å². The molecule has 1 amide bonds. The van der Waals surface area contributed by atoms with Crippen LogP contribution in [-0.4, -0.2) is 46.9 Å². The van der Waals surface area contributed by atoms with E-state index in [-0.39, 0.29) is 12.1 Å². The molecule has 0 spiro atoms. The van der Waals surface area contributed by atoms with Gasteiger partial charge in [-0.1, -0.05) is 18.2 Å². The van der Waals surface area contributed by atoms with Crippen molar-refractivity contribution in [3.8, 4) is 23.1 Å². The van der Waals surface area contributed by atoms with Gasteiger partial charge in [0.2, 0.25) is 5.91 Å². The van der Waals surface area contributed by atoms with Crippen LogP contribution in [0.15, 0.2) is 54.6 Å². The number of ether oxygens (including phenoxy) is 2. The number of hydrogen-bond donors (Lipinski definition) is 0. The van der Waals surface area contributed by atoms with Gasteiger partial charge in [0.05, 0.1) is 23.7 Å². The quantitative estimate of drug-likeness (QED) is 0.368. The average Bonchev–Trinajstić information content (AvgIpc) is 3.51. The Balaban J connectivity index is 1.29. The van der Waals surface area contributed by atoms with Crippen molar-refractivity contribution in [2.24, 2.45) is 0 Å². The molecule has 2 saturated heterocycles. The first-order valence-corrected chi connectivity index (χ1v) is 12.7. The number of rotatable bonds is 6. The summed E-state index contributed by atoms with van der Waals surface area (Å²) in [4.78, 5) is 13.7. The van der Waals surface area contributed by atoms with Crippen LogP contribution in [0, 0.1) is 11.3 Å². The Morgan fingerprint density at radius 2 is 1.94 bits per heavy atom. The molecule has 7 nitrogen and oxygen atoms in total. The summed E-state index contributed by atoms with van der Waals surface area (Å²) in [7, 11) is 0. The molecule has 2 aliphatic rings. The molecule has 0 radical (unpaired) electrons. The second kappa shape index (κ2) is 9.63. The Morgan fingerprint density at radius 3 is 2.75 bits per heavy atom. The van der Waals surface area contributed by atoms with Crippen LogP contribution >= 0.6 is 0 Å². The van der Waals surface area contributed by atoms with E-state index >= 15 is 0 Å². The maximum atomic E-state index is 11.8. The van der Waals surface area contributed by atoms with E-state index in [4.69, 9.17) is 14.6 Å². The molecule has 1 unspecified atom stereocenters. The highest BCUT2D eigenvalue weighted by Crippen LogP contribution is 2.35. The molecule has 3 aromatic carbocycles. The highest BCUT2D eigenvalue weighted by molar-refractivity contribution is 5.97. The number of nitrogens with zero attached hydrogens (tertiary/aromatic N) is 4. The molecular formula is C29H28N4O3. The Labute approximate surface area is 209 Å². The highest BCUT2D eigenvalue weighted by atomic mass is 16.5. The first-order valence-electron chi connectivity index (χ1n) is 12.7. The van der Waals surface area contributed by atoms with E-state index < -0.39 is 0 Å². The smallest absolute Gasteiger partial charge is 0.222 e. The van der Waals surface area contributed by atoms with Gasteiger partial charge in [0, 0.05) is 30.5 Å². The van der Waals surface area contributed by atoms with Gasteiger partial charge in [-0.3, -0.25) is 4.79 Å². The fourth-order valence-electron chi connectivity index (χ4n) is 5.23. The third-order valence-electron chi connectivity index (χ3n) is 7.15. The SMILES string of the molecule is N#Cc1ccc2c(c1)c(-c1ccc3cc(OCCN4CCCC4=O)ccc3c1)nn2C1CCCCO1. The highest BCUT2D eigenvalue weighted by Gasteiger charge is 2.22. The standard InChI is InChI=1S/C29H28N4O3/c30-19-20-6-11-26-25(16-20)29(31-33(26)28-5-1-2-14-36-28)23-8-7-22-18-24(10-9-21(22)17-23)35-15-13-32-12-3-4-27(32)34/h6-11,16-18,28H,1-5,12-15H2. The van der Waals surface area contributed by atoms with Gasteiger partial charge >= 0.3 is 0 Å². The molecule has 2 aliphatic heterocycles. The zero-order valence-corrected chi connectivity index (χ0v) is 20.2. The molecule has 36 heavy (non-hydrogen) atoms. The van der Waals surface area contributed by atoms with Gasteiger partial charge < -0.3 is 14.4 Å². The van der Waals surface area contributed by atoms with E-state index in [9.17, 15) is 10.1 Å². The molecule has 7 heteroatoms. The molecule has 0 saturated carbocycles. The third kappa shape index (κ3) is 4.29. The third-order valence-corrected chi connectivity index (χ3v) is 7.15. The molecule has 182 valence electrons. The van der Waals surface area contributed by atoms with Gasteiger partial charge in [0.1, 0.15) is 18.1 Å². The van der Waals surface area contributed by atoms with Crippen molar-refractivity contribution >= 4 is 27.6 Å². The van der Waals surface area contributed by atoms with Gasteiger partial charge in [-0.25, -0.2) is 4.68 Å². The van der Waals surface area contributed by atoms with E-state index in [1.165, 1.54) is 0 Å². The minimum absolute atomic E-state index is 0.0843. The van der Waals surface area contributed by atoms with Gasteiger partial charge in [-0.05, 0) is 72.9 Å². The molecule has 2 fully saturated rings. The molecule has 6 rings (SSSR count). The second-order valence-electron chi connectivity index (χ2n) is 9.51. The van der Waals surface area contributed by atoms with Crippen LogP contribution in [0.2, 0.25) is 0 Å². The molecule has 0 bridgehead atoms. The largest absolute Gasteiger partial charge is 0.492 e. The normalized spacial score (nSPS) is 18.1. The lowest BCUT2D eigenvalue weighted by atomic mass is 10.0. The summed E-state index contributed by atoms with van der Waals surface area (Å²) in [5.41, 5.74) is 3.45. The van der Waals surface area contributed by atoms with E-state index in [1.807, 2.05) is 39.9 Å². The van der Waals surface area contributed by atoms with E-state index in [1.54, 1.807) is 0 Å². The lowest BCUT2D eigenvalue weighted by molar-refractivity contribution is -0.128. The summed E-state index contributed by atoms with van der Waals surface area (Å²) in [6.07, 6.45) is 4.63. The Kier molecular flexibility index (Phi) is 6.04. The number of nitriles is 1. The number of benzene rings is 3. The number of aromatic nitrogens is 2. The summed E-state index contributed by atoms with van der Waals surface area (Å²) < 4.78 is 14.0. The number of amides is 1. The van der Waals surface area contributed by atoms with Gasteiger partial charge in [-0.2, -0.15) is 10.4 Å². The summed E-state index contributed by atoms with van der Waals surface area (Å²) in [5, 5.41) is 17.6. The van der Waals surface area contributed by atoms with Gasteiger partial charge in [-0.15, -0.1) is 0 Å². The van der Waals surface area contributed by atoms with E-state index in [2.05, 4.69) is 30.3 Å². The van der Waals surface area contributed by atoms with Gasteiger partial charge in [0.25, 0.3) is 0 Å². The number of carbonyl (C=O) groups excluding carboxylic acids is 1. The van der Waals surface area contributed by atoms with Crippen LogP contribution in [0.3, 0.4) is 0 Å². The van der Waals surface area contributed by atoms with Crippen LogP contribution in [0.4, 0.5) is 0 Å². The summed E-state index contributed by atoms with van der Waals surface area (Å²) >= 11 is 0. The molecule has 4 aromatic rings. The zero-order chi connectivity index (χ0) is 24.5. The van der Waals surface area contributed by atoms with Crippen molar-refractivity contribution in [2.75, 3.05) is 26.3 Å². The Hall–Kier alpha value is -3.89. The zero-order valence-electron chi connectivity index (χ0n) is 20.2. The minimum Gasteiger partial charge on any atom is -0.492 e. The predicted octanol–water partition coefficient (Wildman–Crippen LogP) is 5.43. The summed E-state index contributed by atoms with van der Waals surface area (Å²) in [6.45, 7) is 2.69. The predicted molar refractivity (Wildman–Crippen MR) is 138 cm³/mol. The van der Waals surface area contributed by atoms with Crippen LogP contribution < -0.4 is 4.74 Å². The van der Waals surface area contributed by atoms with Crippen LogP contribution in [-0.2, 0) is 9.53 Å². The molecule has 1 atom stereocenters. The van der Waals surface area contributed by atoms with Crippen molar-refractivity contribution in [1.29, 1.82) is 5.26 Å². The molecule has 0 N–H and O–H groups in total. The van der Waals surface area contributed by atoms with Crippen molar-refractivity contribution < 1.29 is 14.3 Å². The number of hydrogen-bond acceptors (Lipinski definition) is 5. The van der Waals surface area contributed by atoms with Crippen LogP contribution in [0.1, 0.15) is 43.9 Å².